The highest BCUT2D eigenvalue weighted by Gasteiger charge is 2.16. The molecule has 21 heavy (non-hydrogen) atoms. The third-order valence-corrected chi connectivity index (χ3v) is 4.25. The molecule has 0 aliphatic heterocycles. The zero-order valence-corrected chi connectivity index (χ0v) is 12.7. The third-order valence-electron chi connectivity index (χ3n) is 2.90. The van der Waals surface area contributed by atoms with Crippen molar-refractivity contribution in [3.8, 4) is 0 Å². The number of aryl methyl sites for hydroxylation is 1. The lowest BCUT2D eigenvalue weighted by atomic mass is 10.4. The Kier molecular flexibility index (Phi) is 5.48. The number of imidazole rings is 1. The monoisotopic (exact) mass is 312 g/mol. The fraction of sp³-hybridized carbons (Fsp3) is 0.500. The van der Waals surface area contributed by atoms with Crippen LogP contribution in [0.3, 0.4) is 0 Å². The van der Waals surface area contributed by atoms with E-state index in [1.165, 1.54) is 12.4 Å². The van der Waals surface area contributed by atoms with Crippen LogP contribution in [0.5, 0.6) is 0 Å². The lowest BCUT2D eigenvalue weighted by Gasteiger charge is -2.03. The van der Waals surface area contributed by atoms with Gasteiger partial charge in [-0.2, -0.15) is 5.10 Å². The van der Waals surface area contributed by atoms with Crippen molar-refractivity contribution in [1.82, 2.24) is 29.8 Å². The minimum Gasteiger partial charge on any atom is -0.347 e. The van der Waals surface area contributed by atoms with Crippen LogP contribution >= 0.6 is 0 Å². The van der Waals surface area contributed by atoms with Gasteiger partial charge in [-0.15, -0.1) is 0 Å². The Hall–Kier alpha value is -1.71. The van der Waals surface area contributed by atoms with Crippen molar-refractivity contribution in [2.24, 2.45) is 0 Å². The van der Waals surface area contributed by atoms with E-state index in [0.717, 1.165) is 19.5 Å². The minimum atomic E-state index is -3.56. The second kappa shape index (κ2) is 7.34. The van der Waals surface area contributed by atoms with Crippen LogP contribution in [-0.4, -0.2) is 41.3 Å². The van der Waals surface area contributed by atoms with Gasteiger partial charge in [-0.3, -0.25) is 4.68 Å². The van der Waals surface area contributed by atoms with E-state index < -0.39 is 10.0 Å². The van der Waals surface area contributed by atoms with Crippen molar-refractivity contribution in [3.05, 3.63) is 30.6 Å². The molecular weight excluding hydrogens is 292 g/mol. The molecular formula is C12H20N6O2S. The predicted octanol–water partition coefficient (Wildman–Crippen LogP) is 0.0843. The van der Waals surface area contributed by atoms with Crippen molar-refractivity contribution in [2.75, 3.05) is 13.1 Å². The van der Waals surface area contributed by atoms with Crippen molar-refractivity contribution >= 4 is 10.0 Å². The summed E-state index contributed by atoms with van der Waals surface area (Å²) in [5.74, 6) is 0.566. The molecule has 0 aliphatic rings. The van der Waals surface area contributed by atoms with Gasteiger partial charge < -0.3 is 10.3 Å². The summed E-state index contributed by atoms with van der Waals surface area (Å²) in [7, 11) is -3.56. The summed E-state index contributed by atoms with van der Waals surface area (Å²) in [6, 6.07) is 0. The van der Waals surface area contributed by atoms with Crippen LogP contribution in [0.25, 0.3) is 0 Å². The number of rotatable bonds is 9. The van der Waals surface area contributed by atoms with Crippen LogP contribution in [0.1, 0.15) is 19.2 Å². The highest BCUT2D eigenvalue weighted by molar-refractivity contribution is 7.89. The van der Waals surface area contributed by atoms with Crippen molar-refractivity contribution in [1.29, 1.82) is 0 Å². The highest BCUT2D eigenvalue weighted by Crippen LogP contribution is 2.07. The largest absolute Gasteiger partial charge is 0.347 e. The van der Waals surface area contributed by atoms with E-state index in [1.54, 1.807) is 17.1 Å². The second-order valence-electron chi connectivity index (χ2n) is 4.51. The summed E-state index contributed by atoms with van der Waals surface area (Å²) < 4.78 is 28.3. The van der Waals surface area contributed by atoms with Crippen LogP contribution in [0.2, 0.25) is 0 Å². The van der Waals surface area contributed by atoms with Crippen LogP contribution in [0, 0.1) is 0 Å². The lowest BCUT2D eigenvalue weighted by Crippen LogP contribution is -2.23. The SMILES string of the molecule is CCNCCCn1cc(S(=O)(=O)NCc2ncc[nH]2)cn1. The molecule has 0 fully saturated rings. The van der Waals surface area contributed by atoms with E-state index in [2.05, 4.69) is 25.1 Å². The van der Waals surface area contributed by atoms with Crippen molar-refractivity contribution in [3.63, 3.8) is 0 Å². The van der Waals surface area contributed by atoms with Crippen molar-refractivity contribution in [2.45, 2.75) is 31.3 Å². The zero-order chi connectivity index (χ0) is 15.1. The molecule has 2 rings (SSSR count). The number of sulfonamides is 1. The summed E-state index contributed by atoms with van der Waals surface area (Å²) in [6.45, 7) is 4.66. The van der Waals surface area contributed by atoms with Gasteiger partial charge in [0.25, 0.3) is 0 Å². The van der Waals surface area contributed by atoms with Gasteiger partial charge in [-0.25, -0.2) is 18.1 Å². The molecule has 0 saturated heterocycles. The van der Waals surface area contributed by atoms with Gasteiger partial charge in [-0.1, -0.05) is 6.92 Å². The van der Waals surface area contributed by atoms with E-state index in [9.17, 15) is 8.42 Å². The summed E-state index contributed by atoms with van der Waals surface area (Å²) >= 11 is 0. The number of hydrogen-bond acceptors (Lipinski definition) is 5. The van der Waals surface area contributed by atoms with E-state index in [-0.39, 0.29) is 11.4 Å². The van der Waals surface area contributed by atoms with E-state index in [1.807, 2.05) is 6.92 Å². The normalized spacial score (nSPS) is 11.9. The van der Waals surface area contributed by atoms with Gasteiger partial charge in [0.1, 0.15) is 10.7 Å². The number of nitrogens with one attached hydrogen (secondary N) is 3. The minimum absolute atomic E-state index is 0.126. The number of aromatic amines is 1. The first-order valence-corrected chi connectivity index (χ1v) is 8.31. The Balaban J connectivity index is 1.89. The highest BCUT2D eigenvalue weighted by atomic mass is 32.2. The first kappa shape index (κ1) is 15.7. The number of aromatic nitrogens is 4. The zero-order valence-electron chi connectivity index (χ0n) is 11.9. The molecule has 0 aliphatic carbocycles. The Bertz CT molecular complexity index is 635. The maximum Gasteiger partial charge on any atom is 0.244 e. The molecule has 9 heteroatoms. The standard InChI is InChI=1S/C12H20N6O2S/c1-2-13-4-3-7-18-10-11(8-16-18)21(19,20)17-9-12-14-5-6-15-12/h5-6,8,10,13,17H,2-4,7,9H2,1H3,(H,14,15). The smallest absolute Gasteiger partial charge is 0.244 e. The quantitative estimate of drug-likeness (QED) is 0.569. The van der Waals surface area contributed by atoms with E-state index in [0.29, 0.717) is 12.4 Å². The molecule has 0 aromatic carbocycles. The number of H-pyrrole nitrogens is 1. The first-order valence-electron chi connectivity index (χ1n) is 6.83. The molecule has 0 amide bonds. The molecule has 0 saturated carbocycles. The summed E-state index contributed by atoms with van der Waals surface area (Å²) in [4.78, 5) is 6.97. The fourth-order valence-electron chi connectivity index (χ4n) is 1.79. The van der Waals surface area contributed by atoms with Gasteiger partial charge in [0, 0.05) is 25.1 Å². The molecule has 0 atom stereocenters. The summed E-state index contributed by atoms with van der Waals surface area (Å²) in [6.07, 6.45) is 7.01. The van der Waals surface area contributed by atoms with E-state index in [4.69, 9.17) is 0 Å². The molecule has 3 N–H and O–H groups in total. The molecule has 0 spiro atoms. The summed E-state index contributed by atoms with van der Waals surface area (Å²) in [5, 5.41) is 7.28. The van der Waals surface area contributed by atoms with Crippen LogP contribution in [0.15, 0.2) is 29.7 Å². The fourth-order valence-corrected chi connectivity index (χ4v) is 2.73. The predicted molar refractivity (Wildman–Crippen MR) is 78.0 cm³/mol. The first-order chi connectivity index (χ1) is 10.1. The average molecular weight is 312 g/mol. The van der Waals surface area contributed by atoms with Gasteiger partial charge in [-0.05, 0) is 19.5 Å². The topological polar surface area (TPSA) is 105 Å². The number of nitrogens with zero attached hydrogens (tertiary/aromatic N) is 3. The summed E-state index contributed by atoms with van der Waals surface area (Å²) in [5.41, 5.74) is 0. The van der Waals surface area contributed by atoms with Gasteiger partial charge in [0.15, 0.2) is 0 Å². The molecule has 0 radical (unpaired) electrons. The van der Waals surface area contributed by atoms with E-state index >= 15 is 0 Å². The van der Waals surface area contributed by atoms with Crippen LogP contribution in [-0.2, 0) is 23.1 Å². The second-order valence-corrected chi connectivity index (χ2v) is 6.27. The Morgan fingerprint density at radius 2 is 2.29 bits per heavy atom. The Morgan fingerprint density at radius 1 is 1.43 bits per heavy atom. The van der Waals surface area contributed by atoms with Crippen LogP contribution in [0.4, 0.5) is 0 Å². The average Bonchev–Trinajstić information content (AvgIpc) is 3.13. The molecule has 116 valence electrons. The number of hydrogen-bond donors (Lipinski definition) is 3. The van der Waals surface area contributed by atoms with Crippen molar-refractivity contribution < 1.29 is 8.42 Å². The molecule has 2 heterocycles. The van der Waals surface area contributed by atoms with Gasteiger partial charge >= 0.3 is 0 Å². The maximum absolute atomic E-state index is 12.1. The lowest BCUT2D eigenvalue weighted by molar-refractivity contribution is 0.549. The van der Waals surface area contributed by atoms with Crippen LogP contribution < -0.4 is 10.0 Å². The Morgan fingerprint density at radius 3 is 3.00 bits per heavy atom. The third kappa shape index (κ3) is 4.66. The maximum atomic E-state index is 12.1. The molecule has 2 aromatic rings. The van der Waals surface area contributed by atoms with Gasteiger partial charge in [0.2, 0.25) is 10.0 Å². The molecule has 2 aromatic heterocycles. The molecule has 0 unspecified atom stereocenters. The molecule has 0 bridgehead atoms. The Labute approximate surface area is 124 Å². The molecule has 8 nitrogen and oxygen atoms in total. The van der Waals surface area contributed by atoms with Gasteiger partial charge in [0.05, 0.1) is 12.7 Å².